The van der Waals surface area contributed by atoms with Gasteiger partial charge in [0.05, 0.1) is 19.3 Å². The zero-order valence-corrected chi connectivity index (χ0v) is 20.1. The van der Waals surface area contributed by atoms with Crippen molar-refractivity contribution >= 4 is 11.7 Å². The number of carbonyl (C=O) groups is 1. The van der Waals surface area contributed by atoms with Crippen molar-refractivity contribution in [1.82, 2.24) is 24.9 Å². The lowest BCUT2D eigenvalue weighted by atomic mass is 9.91. The molecule has 5 rings (SSSR count). The molecule has 0 atom stereocenters. The summed E-state index contributed by atoms with van der Waals surface area (Å²) in [6.07, 6.45) is 3.96. The molecule has 1 aliphatic carbocycles. The number of methoxy groups -OCH3 is 1. The van der Waals surface area contributed by atoms with Crippen LogP contribution in [0.2, 0.25) is 0 Å². The first-order valence-corrected chi connectivity index (χ1v) is 12.4. The average Bonchev–Trinajstić information content (AvgIpc) is 2.85. The molecule has 35 heavy (non-hydrogen) atoms. The molecule has 3 heterocycles. The van der Waals surface area contributed by atoms with Gasteiger partial charge in [-0.3, -0.25) is 14.6 Å². The molecule has 2 aliphatic heterocycles. The van der Waals surface area contributed by atoms with Gasteiger partial charge in [0.1, 0.15) is 5.82 Å². The first-order chi connectivity index (χ1) is 17.0. The molecule has 8 nitrogen and oxygen atoms in total. The molecule has 3 aliphatic rings. The maximum Gasteiger partial charge on any atom is 0.236 e. The molecular weight excluding hydrogens is 454 g/mol. The van der Waals surface area contributed by atoms with Crippen molar-refractivity contribution < 1.29 is 18.3 Å². The summed E-state index contributed by atoms with van der Waals surface area (Å²) >= 11 is 0. The van der Waals surface area contributed by atoms with Crippen molar-refractivity contribution in [1.29, 1.82) is 0 Å². The zero-order valence-electron chi connectivity index (χ0n) is 20.1. The van der Waals surface area contributed by atoms with Gasteiger partial charge in [-0.2, -0.15) is 0 Å². The normalized spacial score (nSPS) is 20.1. The molecular formula is C25H32F2N6O2. The number of benzene rings is 1. The molecule has 2 aromatic rings. The Bertz CT molecular complexity index is 1030. The highest BCUT2D eigenvalue weighted by atomic mass is 19.1. The smallest absolute Gasteiger partial charge is 0.236 e. The Morgan fingerprint density at radius 1 is 0.971 bits per heavy atom. The maximum absolute atomic E-state index is 14.3. The number of carbonyl (C=O) groups excluding carboxylic acids is 1. The second-order valence-corrected chi connectivity index (χ2v) is 9.51. The molecule has 2 saturated heterocycles. The second-order valence-electron chi connectivity index (χ2n) is 9.51. The van der Waals surface area contributed by atoms with Crippen molar-refractivity contribution in [2.75, 3.05) is 70.9 Å². The number of halogens is 2. The molecule has 1 saturated carbocycles. The van der Waals surface area contributed by atoms with E-state index in [2.05, 4.69) is 24.9 Å². The average molecular weight is 487 g/mol. The molecule has 0 bridgehead atoms. The summed E-state index contributed by atoms with van der Waals surface area (Å²) in [4.78, 5) is 21.6. The van der Waals surface area contributed by atoms with Gasteiger partial charge in [-0.15, -0.1) is 10.2 Å². The van der Waals surface area contributed by atoms with Crippen molar-refractivity contribution in [3.05, 3.63) is 35.9 Å². The predicted octanol–water partition coefficient (Wildman–Crippen LogP) is 2.25. The number of rotatable bonds is 6. The standard InChI is InChI=1S/C25H32F2N6O2/c1-35-23-16-20(26)19(15-21(23)27)22-5-6-24(29-28-22)32-9-7-30(8-10-32)17-25(34)33-13-11-31(12-14-33)18-3-2-4-18/h5-6,15-16,18H,2-4,7-14,17H2,1H3. The van der Waals surface area contributed by atoms with Crippen molar-refractivity contribution in [2.45, 2.75) is 25.3 Å². The minimum absolute atomic E-state index is 0.0409. The third-order valence-electron chi connectivity index (χ3n) is 7.48. The molecule has 0 N–H and O–H groups in total. The number of nitrogens with zero attached hydrogens (tertiary/aromatic N) is 6. The van der Waals surface area contributed by atoms with Crippen LogP contribution in [-0.2, 0) is 4.79 Å². The van der Waals surface area contributed by atoms with E-state index in [0.717, 1.165) is 70.5 Å². The summed E-state index contributed by atoms with van der Waals surface area (Å²) in [6, 6.07) is 6.24. The van der Waals surface area contributed by atoms with E-state index in [0.29, 0.717) is 12.4 Å². The van der Waals surface area contributed by atoms with Crippen LogP contribution in [0.25, 0.3) is 11.3 Å². The van der Waals surface area contributed by atoms with Gasteiger partial charge in [0.2, 0.25) is 5.91 Å². The van der Waals surface area contributed by atoms with Gasteiger partial charge in [-0.25, -0.2) is 8.78 Å². The van der Waals surface area contributed by atoms with Crippen molar-refractivity contribution in [3.63, 3.8) is 0 Å². The van der Waals surface area contributed by atoms with Crippen LogP contribution in [0.4, 0.5) is 14.6 Å². The second kappa shape index (κ2) is 10.4. The van der Waals surface area contributed by atoms with Crippen LogP contribution in [0, 0.1) is 11.6 Å². The first-order valence-electron chi connectivity index (χ1n) is 12.4. The van der Waals surface area contributed by atoms with Crippen LogP contribution in [0.3, 0.4) is 0 Å². The number of anilines is 1. The molecule has 0 radical (unpaired) electrons. The Labute approximate surface area is 204 Å². The summed E-state index contributed by atoms with van der Waals surface area (Å²) in [6.45, 7) is 7.06. The number of ether oxygens (including phenoxy) is 1. The molecule has 1 aromatic heterocycles. The Kier molecular flexibility index (Phi) is 7.10. The van der Waals surface area contributed by atoms with E-state index in [1.165, 1.54) is 26.4 Å². The summed E-state index contributed by atoms with van der Waals surface area (Å²) in [5.41, 5.74) is 0.300. The van der Waals surface area contributed by atoms with E-state index >= 15 is 0 Å². The molecule has 188 valence electrons. The fourth-order valence-electron chi connectivity index (χ4n) is 5.03. The number of hydrogen-bond donors (Lipinski definition) is 0. The lowest BCUT2D eigenvalue weighted by molar-refractivity contribution is -0.134. The van der Waals surface area contributed by atoms with Gasteiger partial charge in [-0.05, 0) is 31.0 Å². The molecule has 0 unspecified atom stereocenters. The molecule has 1 amide bonds. The van der Waals surface area contributed by atoms with Crippen LogP contribution in [-0.4, -0.2) is 103 Å². The number of aromatic nitrogens is 2. The molecule has 1 aromatic carbocycles. The Hall–Kier alpha value is -2.85. The highest BCUT2D eigenvalue weighted by Gasteiger charge is 2.30. The van der Waals surface area contributed by atoms with Gasteiger partial charge in [0.15, 0.2) is 17.4 Å². The quantitative estimate of drug-likeness (QED) is 0.621. The van der Waals surface area contributed by atoms with E-state index in [4.69, 9.17) is 4.74 Å². The van der Waals surface area contributed by atoms with Gasteiger partial charge >= 0.3 is 0 Å². The van der Waals surface area contributed by atoms with Crippen molar-refractivity contribution in [2.24, 2.45) is 0 Å². The van der Waals surface area contributed by atoms with Gasteiger partial charge in [-0.1, -0.05) is 6.42 Å². The summed E-state index contributed by atoms with van der Waals surface area (Å²) < 4.78 is 33.2. The maximum atomic E-state index is 14.3. The summed E-state index contributed by atoms with van der Waals surface area (Å²) in [5, 5.41) is 8.36. The van der Waals surface area contributed by atoms with Gasteiger partial charge < -0.3 is 14.5 Å². The minimum Gasteiger partial charge on any atom is -0.494 e. The summed E-state index contributed by atoms with van der Waals surface area (Å²) in [7, 11) is 1.29. The van der Waals surface area contributed by atoms with E-state index in [-0.39, 0.29) is 22.9 Å². The van der Waals surface area contributed by atoms with Crippen LogP contribution in [0.15, 0.2) is 24.3 Å². The molecule has 0 spiro atoms. The Balaban J connectivity index is 1.11. The van der Waals surface area contributed by atoms with Crippen LogP contribution < -0.4 is 9.64 Å². The van der Waals surface area contributed by atoms with Crippen LogP contribution in [0.1, 0.15) is 19.3 Å². The van der Waals surface area contributed by atoms with E-state index in [9.17, 15) is 13.6 Å². The number of amides is 1. The SMILES string of the molecule is COc1cc(F)c(-c2ccc(N3CCN(CC(=O)N4CCN(C5CCC5)CC4)CC3)nn2)cc1F. The van der Waals surface area contributed by atoms with E-state index in [1.807, 2.05) is 4.90 Å². The highest BCUT2D eigenvalue weighted by Crippen LogP contribution is 2.28. The first kappa shape index (κ1) is 23.9. The topological polar surface area (TPSA) is 65.0 Å². The van der Waals surface area contributed by atoms with Crippen LogP contribution >= 0.6 is 0 Å². The monoisotopic (exact) mass is 486 g/mol. The molecule has 3 fully saturated rings. The fourth-order valence-corrected chi connectivity index (χ4v) is 5.03. The lowest BCUT2D eigenvalue weighted by Crippen LogP contribution is -2.56. The zero-order chi connectivity index (χ0) is 24.4. The van der Waals surface area contributed by atoms with E-state index < -0.39 is 11.6 Å². The Morgan fingerprint density at radius 2 is 1.71 bits per heavy atom. The van der Waals surface area contributed by atoms with Crippen LogP contribution in [0.5, 0.6) is 5.75 Å². The minimum atomic E-state index is -0.652. The Morgan fingerprint density at radius 3 is 2.31 bits per heavy atom. The fraction of sp³-hybridized carbons (Fsp3) is 0.560. The predicted molar refractivity (Wildman–Crippen MR) is 128 cm³/mol. The van der Waals surface area contributed by atoms with Crippen molar-refractivity contribution in [3.8, 4) is 17.0 Å². The van der Waals surface area contributed by atoms with Gasteiger partial charge in [0.25, 0.3) is 0 Å². The third kappa shape index (κ3) is 5.23. The van der Waals surface area contributed by atoms with E-state index in [1.54, 1.807) is 12.1 Å². The van der Waals surface area contributed by atoms with Gasteiger partial charge in [0, 0.05) is 70.0 Å². The largest absolute Gasteiger partial charge is 0.494 e. The third-order valence-corrected chi connectivity index (χ3v) is 7.48. The number of piperazine rings is 2. The lowest BCUT2D eigenvalue weighted by Gasteiger charge is -2.43. The number of hydrogen-bond acceptors (Lipinski definition) is 7. The molecule has 10 heteroatoms. The summed E-state index contributed by atoms with van der Waals surface area (Å²) in [5.74, 6) is -0.525. The highest BCUT2D eigenvalue weighted by molar-refractivity contribution is 5.78.